The summed E-state index contributed by atoms with van der Waals surface area (Å²) in [6.07, 6.45) is 5.27. The number of carbonyl (C=O) groups excluding carboxylic acids is 1. The second-order valence-corrected chi connectivity index (χ2v) is 5.85. The van der Waals surface area contributed by atoms with Gasteiger partial charge < -0.3 is 4.74 Å². The Balaban J connectivity index is 1.58. The molecule has 0 fully saturated rings. The van der Waals surface area contributed by atoms with Gasteiger partial charge in [-0.15, -0.1) is 0 Å². The number of unbranched alkanes of at least 4 members (excludes halogenated alkanes) is 1. The van der Waals surface area contributed by atoms with Crippen molar-refractivity contribution in [2.24, 2.45) is 5.10 Å². The zero-order valence-corrected chi connectivity index (χ0v) is 15.1. The minimum absolute atomic E-state index is 0.325. The molecule has 0 radical (unpaired) electrons. The van der Waals surface area contributed by atoms with Gasteiger partial charge in [0.15, 0.2) is 0 Å². The molecule has 0 aliphatic heterocycles. The number of hydrogen-bond donors (Lipinski definition) is 2. The van der Waals surface area contributed by atoms with Crippen LogP contribution in [0.4, 0.5) is 0 Å². The van der Waals surface area contributed by atoms with E-state index in [4.69, 9.17) is 4.74 Å². The molecule has 0 saturated carbocycles. The molecule has 1 amide bonds. The van der Waals surface area contributed by atoms with Gasteiger partial charge >= 0.3 is 0 Å². The van der Waals surface area contributed by atoms with E-state index >= 15 is 0 Å². The van der Waals surface area contributed by atoms with Crippen molar-refractivity contribution >= 4 is 12.1 Å². The third kappa shape index (κ3) is 5.24. The highest BCUT2D eigenvalue weighted by molar-refractivity contribution is 5.94. The van der Waals surface area contributed by atoms with Crippen LogP contribution in [0.2, 0.25) is 0 Å². The van der Waals surface area contributed by atoms with E-state index in [2.05, 4.69) is 32.6 Å². The van der Waals surface area contributed by atoms with Crippen LogP contribution in [0.1, 0.15) is 35.9 Å². The van der Waals surface area contributed by atoms with E-state index in [9.17, 15) is 4.79 Å². The molecular weight excluding hydrogens is 342 g/mol. The molecule has 0 spiro atoms. The summed E-state index contributed by atoms with van der Waals surface area (Å²) in [5, 5.41) is 10.8. The molecule has 0 aliphatic carbocycles. The van der Waals surface area contributed by atoms with Crippen LogP contribution in [0.3, 0.4) is 0 Å². The number of nitrogens with zero attached hydrogens (tertiary/aromatic N) is 3. The average Bonchev–Trinajstić information content (AvgIpc) is 3.20. The van der Waals surface area contributed by atoms with Crippen molar-refractivity contribution in [2.75, 3.05) is 6.61 Å². The van der Waals surface area contributed by atoms with Gasteiger partial charge in [0.1, 0.15) is 11.4 Å². The van der Waals surface area contributed by atoms with Gasteiger partial charge in [-0.1, -0.05) is 19.4 Å². The van der Waals surface area contributed by atoms with E-state index in [1.807, 2.05) is 36.4 Å². The Hall–Kier alpha value is -3.48. The van der Waals surface area contributed by atoms with Gasteiger partial charge in [-0.3, -0.25) is 14.9 Å². The highest BCUT2D eigenvalue weighted by Gasteiger charge is 2.10. The van der Waals surface area contributed by atoms with Crippen LogP contribution in [0, 0.1) is 0 Å². The first-order valence-electron chi connectivity index (χ1n) is 8.79. The van der Waals surface area contributed by atoms with Crippen molar-refractivity contribution in [1.29, 1.82) is 0 Å². The second-order valence-electron chi connectivity index (χ2n) is 5.85. The lowest BCUT2D eigenvalue weighted by Crippen LogP contribution is -2.18. The number of pyridine rings is 1. The Kier molecular flexibility index (Phi) is 6.30. The van der Waals surface area contributed by atoms with E-state index in [1.165, 1.54) is 6.21 Å². The number of nitrogens with one attached hydrogen (secondary N) is 2. The number of carbonyl (C=O) groups is 1. The fourth-order valence-corrected chi connectivity index (χ4v) is 2.31. The third-order valence-corrected chi connectivity index (χ3v) is 3.79. The molecule has 2 aromatic heterocycles. The zero-order chi connectivity index (χ0) is 18.9. The van der Waals surface area contributed by atoms with Crippen molar-refractivity contribution in [3.63, 3.8) is 0 Å². The maximum atomic E-state index is 12.1. The Labute approximate surface area is 157 Å². The Morgan fingerprint density at radius 1 is 1.26 bits per heavy atom. The predicted molar refractivity (Wildman–Crippen MR) is 104 cm³/mol. The molecule has 0 unspecified atom stereocenters. The van der Waals surface area contributed by atoms with Gasteiger partial charge in [-0.2, -0.15) is 10.2 Å². The van der Waals surface area contributed by atoms with Crippen LogP contribution in [-0.4, -0.2) is 33.9 Å². The number of amides is 1. The van der Waals surface area contributed by atoms with Gasteiger partial charge in [0, 0.05) is 11.8 Å². The summed E-state index contributed by atoms with van der Waals surface area (Å²) in [6, 6.07) is 14.8. The van der Waals surface area contributed by atoms with Crippen molar-refractivity contribution in [1.82, 2.24) is 20.6 Å². The largest absolute Gasteiger partial charge is 0.494 e. The third-order valence-electron chi connectivity index (χ3n) is 3.79. The van der Waals surface area contributed by atoms with Crippen LogP contribution in [0.25, 0.3) is 11.3 Å². The first-order valence-corrected chi connectivity index (χ1v) is 8.79. The molecule has 0 saturated heterocycles. The molecule has 7 heteroatoms. The number of H-pyrrole nitrogens is 1. The van der Waals surface area contributed by atoms with Crippen molar-refractivity contribution in [2.45, 2.75) is 19.8 Å². The summed E-state index contributed by atoms with van der Waals surface area (Å²) in [5.74, 6) is 0.449. The molecule has 27 heavy (non-hydrogen) atoms. The first-order chi connectivity index (χ1) is 13.3. The summed E-state index contributed by atoms with van der Waals surface area (Å²) < 4.78 is 5.65. The molecule has 7 nitrogen and oxygen atoms in total. The molecule has 0 bridgehead atoms. The standard InChI is InChI=1S/C20H21N5O2/c1-2-3-12-27-17-9-7-15(8-10-17)18-13-19(24-23-18)20(26)25-22-14-16-6-4-5-11-21-16/h4-11,13-14H,2-3,12H2,1H3,(H,23,24)(H,25,26). The minimum atomic E-state index is -0.375. The Bertz CT molecular complexity index is 888. The summed E-state index contributed by atoms with van der Waals surface area (Å²) >= 11 is 0. The lowest BCUT2D eigenvalue weighted by Gasteiger charge is -2.05. The average molecular weight is 363 g/mol. The van der Waals surface area contributed by atoms with Crippen LogP contribution < -0.4 is 10.2 Å². The monoisotopic (exact) mass is 363 g/mol. The summed E-state index contributed by atoms with van der Waals surface area (Å²) in [7, 11) is 0. The number of benzene rings is 1. The fraction of sp³-hybridized carbons (Fsp3) is 0.200. The van der Waals surface area contributed by atoms with Crippen LogP contribution in [0.5, 0.6) is 5.75 Å². The van der Waals surface area contributed by atoms with Crippen molar-refractivity contribution < 1.29 is 9.53 Å². The van der Waals surface area contributed by atoms with E-state index in [0.29, 0.717) is 23.7 Å². The number of rotatable bonds is 8. The minimum Gasteiger partial charge on any atom is -0.494 e. The topological polar surface area (TPSA) is 92.3 Å². The molecule has 3 rings (SSSR count). The van der Waals surface area contributed by atoms with E-state index < -0.39 is 0 Å². The van der Waals surface area contributed by atoms with Gasteiger partial charge in [-0.05, 0) is 48.9 Å². The van der Waals surface area contributed by atoms with Crippen LogP contribution >= 0.6 is 0 Å². The van der Waals surface area contributed by atoms with Gasteiger partial charge in [0.25, 0.3) is 5.91 Å². The molecule has 0 atom stereocenters. The maximum absolute atomic E-state index is 12.1. The molecule has 3 aromatic rings. The highest BCUT2D eigenvalue weighted by Crippen LogP contribution is 2.21. The SMILES string of the molecule is CCCCOc1ccc(-c2cc(C(=O)NN=Cc3ccccn3)[nH]n2)cc1. The van der Waals surface area contributed by atoms with Gasteiger partial charge in [0.2, 0.25) is 0 Å². The second kappa shape index (κ2) is 9.28. The van der Waals surface area contributed by atoms with Crippen LogP contribution in [0.15, 0.2) is 59.8 Å². The summed E-state index contributed by atoms with van der Waals surface area (Å²) in [5.41, 5.74) is 5.00. The smallest absolute Gasteiger partial charge is 0.289 e. The van der Waals surface area contributed by atoms with Crippen LogP contribution in [-0.2, 0) is 0 Å². The number of ether oxygens (including phenoxy) is 1. The quantitative estimate of drug-likeness (QED) is 0.364. The summed E-state index contributed by atoms with van der Waals surface area (Å²) in [4.78, 5) is 16.2. The number of aromatic amines is 1. The molecule has 138 valence electrons. The van der Waals surface area contributed by atoms with E-state index in [-0.39, 0.29) is 5.91 Å². The van der Waals surface area contributed by atoms with E-state index in [0.717, 1.165) is 24.2 Å². The number of hydrogen-bond acceptors (Lipinski definition) is 5. The molecular formula is C20H21N5O2. The Morgan fingerprint density at radius 3 is 2.85 bits per heavy atom. The molecule has 2 heterocycles. The Morgan fingerprint density at radius 2 is 2.11 bits per heavy atom. The molecule has 2 N–H and O–H groups in total. The lowest BCUT2D eigenvalue weighted by molar-refractivity contribution is 0.0950. The molecule has 0 aliphatic rings. The van der Waals surface area contributed by atoms with Crippen molar-refractivity contribution in [3.05, 3.63) is 66.1 Å². The normalized spacial score (nSPS) is 10.9. The zero-order valence-electron chi connectivity index (χ0n) is 15.1. The summed E-state index contributed by atoms with van der Waals surface area (Å²) in [6.45, 7) is 2.84. The lowest BCUT2D eigenvalue weighted by atomic mass is 10.1. The maximum Gasteiger partial charge on any atom is 0.289 e. The van der Waals surface area contributed by atoms with E-state index in [1.54, 1.807) is 18.3 Å². The van der Waals surface area contributed by atoms with Crippen molar-refractivity contribution in [3.8, 4) is 17.0 Å². The fourth-order valence-electron chi connectivity index (χ4n) is 2.31. The number of aromatic nitrogens is 3. The predicted octanol–water partition coefficient (Wildman–Crippen LogP) is 3.41. The van der Waals surface area contributed by atoms with Gasteiger partial charge in [-0.25, -0.2) is 5.43 Å². The molecule has 1 aromatic carbocycles. The number of hydrazone groups is 1. The van der Waals surface area contributed by atoms with Gasteiger partial charge in [0.05, 0.1) is 24.2 Å². The first kappa shape index (κ1) is 18.3. The highest BCUT2D eigenvalue weighted by atomic mass is 16.5.